The Bertz CT molecular complexity index is 645. The summed E-state index contributed by atoms with van der Waals surface area (Å²) >= 11 is 0. The van der Waals surface area contributed by atoms with Crippen molar-refractivity contribution in [2.45, 2.75) is 12.0 Å². The van der Waals surface area contributed by atoms with Crippen LogP contribution in [0, 0.1) is 0 Å². The molecule has 1 N–H and O–H groups in total. The summed E-state index contributed by atoms with van der Waals surface area (Å²) in [5, 5.41) is 11.4. The van der Waals surface area contributed by atoms with E-state index in [0.29, 0.717) is 6.42 Å². The van der Waals surface area contributed by atoms with Gasteiger partial charge in [0.1, 0.15) is 5.60 Å². The summed E-state index contributed by atoms with van der Waals surface area (Å²) in [5.74, 6) is 0. The summed E-state index contributed by atoms with van der Waals surface area (Å²) < 4.78 is 0. The Labute approximate surface area is 124 Å². The van der Waals surface area contributed by atoms with Crippen LogP contribution in [0.4, 0.5) is 0 Å². The maximum atomic E-state index is 11.4. The minimum atomic E-state index is -1.08. The Balaban J connectivity index is 2.07. The Hall–Kier alpha value is -2.52. The molecule has 3 heteroatoms. The highest BCUT2D eigenvalue weighted by Crippen LogP contribution is 2.32. The summed E-state index contributed by atoms with van der Waals surface area (Å²) in [7, 11) is 0. The molecule has 2 heterocycles. The van der Waals surface area contributed by atoms with Crippen molar-refractivity contribution in [1.29, 1.82) is 0 Å². The van der Waals surface area contributed by atoms with E-state index >= 15 is 0 Å². The maximum Gasteiger partial charge on any atom is 0.119 e. The van der Waals surface area contributed by atoms with Gasteiger partial charge in [0, 0.05) is 31.2 Å². The highest BCUT2D eigenvalue weighted by Gasteiger charge is 2.31. The highest BCUT2D eigenvalue weighted by atomic mass is 16.3. The lowest BCUT2D eigenvalue weighted by molar-refractivity contribution is 0.0810. The molecule has 104 valence electrons. The van der Waals surface area contributed by atoms with E-state index in [9.17, 15) is 5.11 Å². The van der Waals surface area contributed by atoms with Crippen molar-refractivity contribution in [2.24, 2.45) is 0 Å². The van der Waals surface area contributed by atoms with E-state index in [-0.39, 0.29) is 0 Å². The molecule has 21 heavy (non-hydrogen) atoms. The Morgan fingerprint density at radius 1 is 0.714 bits per heavy atom. The minimum Gasteiger partial charge on any atom is -0.380 e. The van der Waals surface area contributed by atoms with Crippen LogP contribution >= 0.6 is 0 Å². The maximum absolute atomic E-state index is 11.4. The standard InChI is InChI=1S/C18H16N2O/c21-18(16-4-2-1-3-5-16,17-8-12-20-13-9-17)14-15-6-10-19-11-7-15/h1-13,21H,14H2/t18-/m0/s1. The van der Waals surface area contributed by atoms with E-state index in [1.165, 1.54) is 0 Å². The van der Waals surface area contributed by atoms with Crippen molar-refractivity contribution in [3.05, 3.63) is 96.1 Å². The van der Waals surface area contributed by atoms with Crippen molar-refractivity contribution in [3.8, 4) is 0 Å². The van der Waals surface area contributed by atoms with Crippen LogP contribution in [0.2, 0.25) is 0 Å². The third-order valence-corrected chi connectivity index (χ3v) is 3.62. The van der Waals surface area contributed by atoms with Crippen LogP contribution < -0.4 is 0 Å². The van der Waals surface area contributed by atoms with Gasteiger partial charge in [-0.1, -0.05) is 30.3 Å². The zero-order chi connectivity index (χ0) is 14.5. The molecule has 2 aromatic heterocycles. The number of hydrogen-bond acceptors (Lipinski definition) is 3. The first-order valence-corrected chi connectivity index (χ1v) is 6.86. The fourth-order valence-electron chi connectivity index (χ4n) is 2.51. The molecule has 0 fully saturated rings. The molecule has 0 saturated heterocycles. The Morgan fingerprint density at radius 3 is 1.86 bits per heavy atom. The first kappa shape index (κ1) is 13.5. The molecule has 1 atom stereocenters. The lowest BCUT2D eigenvalue weighted by Gasteiger charge is -2.29. The van der Waals surface area contributed by atoms with Gasteiger partial charge < -0.3 is 5.11 Å². The Kier molecular flexibility index (Phi) is 3.75. The Morgan fingerprint density at radius 2 is 1.24 bits per heavy atom. The summed E-state index contributed by atoms with van der Waals surface area (Å²) in [4.78, 5) is 8.07. The monoisotopic (exact) mass is 276 g/mol. The van der Waals surface area contributed by atoms with Crippen LogP contribution in [-0.4, -0.2) is 15.1 Å². The average molecular weight is 276 g/mol. The molecule has 3 nitrogen and oxygen atoms in total. The molecule has 0 saturated carbocycles. The second-order valence-electron chi connectivity index (χ2n) is 4.99. The summed E-state index contributed by atoms with van der Waals surface area (Å²) in [5.41, 5.74) is 1.66. The molecule has 0 amide bonds. The van der Waals surface area contributed by atoms with Crippen molar-refractivity contribution >= 4 is 0 Å². The smallest absolute Gasteiger partial charge is 0.119 e. The minimum absolute atomic E-state index is 0.490. The summed E-state index contributed by atoms with van der Waals surface area (Å²) in [6.45, 7) is 0. The molecular formula is C18H16N2O. The van der Waals surface area contributed by atoms with E-state index in [0.717, 1.165) is 16.7 Å². The highest BCUT2D eigenvalue weighted by molar-refractivity contribution is 5.37. The van der Waals surface area contributed by atoms with E-state index in [1.54, 1.807) is 24.8 Å². The number of hydrogen-bond donors (Lipinski definition) is 1. The molecule has 0 aliphatic heterocycles. The van der Waals surface area contributed by atoms with E-state index < -0.39 is 5.60 Å². The molecule has 0 unspecified atom stereocenters. The van der Waals surface area contributed by atoms with Gasteiger partial charge in [0.25, 0.3) is 0 Å². The fourth-order valence-corrected chi connectivity index (χ4v) is 2.51. The number of aromatic nitrogens is 2. The van der Waals surface area contributed by atoms with Gasteiger partial charge >= 0.3 is 0 Å². The number of rotatable bonds is 4. The number of nitrogens with zero attached hydrogens (tertiary/aromatic N) is 2. The van der Waals surface area contributed by atoms with Crippen LogP contribution in [0.15, 0.2) is 79.4 Å². The lowest BCUT2D eigenvalue weighted by Crippen LogP contribution is -2.30. The summed E-state index contributed by atoms with van der Waals surface area (Å²) in [6.07, 6.45) is 7.38. The molecule has 0 spiro atoms. The van der Waals surface area contributed by atoms with Crippen molar-refractivity contribution in [3.63, 3.8) is 0 Å². The zero-order valence-corrected chi connectivity index (χ0v) is 11.6. The predicted molar refractivity (Wildman–Crippen MR) is 81.6 cm³/mol. The van der Waals surface area contributed by atoms with Gasteiger partial charge in [0.05, 0.1) is 0 Å². The van der Waals surface area contributed by atoms with Crippen LogP contribution in [0.5, 0.6) is 0 Å². The molecular weight excluding hydrogens is 260 g/mol. The topological polar surface area (TPSA) is 46.0 Å². The normalized spacial score (nSPS) is 13.6. The number of pyridine rings is 2. The molecule has 0 radical (unpaired) electrons. The van der Waals surface area contributed by atoms with Gasteiger partial charge in [0.2, 0.25) is 0 Å². The van der Waals surface area contributed by atoms with Crippen molar-refractivity contribution < 1.29 is 5.11 Å². The second-order valence-corrected chi connectivity index (χ2v) is 4.99. The van der Waals surface area contributed by atoms with Crippen LogP contribution in [0.3, 0.4) is 0 Å². The third kappa shape index (κ3) is 2.83. The van der Waals surface area contributed by atoms with Crippen LogP contribution in [0.25, 0.3) is 0 Å². The molecule has 0 aliphatic rings. The first-order chi connectivity index (χ1) is 10.3. The van der Waals surface area contributed by atoms with Crippen molar-refractivity contribution in [1.82, 2.24) is 9.97 Å². The largest absolute Gasteiger partial charge is 0.380 e. The molecule has 1 aromatic carbocycles. The third-order valence-electron chi connectivity index (χ3n) is 3.62. The zero-order valence-electron chi connectivity index (χ0n) is 11.6. The van der Waals surface area contributed by atoms with Crippen molar-refractivity contribution in [2.75, 3.05) is 0 Å². The van der Waals surface area contributed by atoms with Crippen LogP contribution in [0.1, 0.15) is 16.7 Å². The SMILES string of the molecule is O[C@@](Cc1ccncc1)(c1ccccc1)c1ccncc1. The molecule has 0 bridgehead atoms. The second kappa shape index (κ2) is 5.85. The van der Waals surface area contributed by atoms with Gasteiger partial charge in [-0.05, 0) is 41.0 Å². The average Bonchev–Trinajstić information content (AvgIpc) is 2.57. The molecule has 3 rings (SSSR count). The molecule has 0 aliphatic carbocycles. The number of benzene rings is 1. The van der Waals surface area contributed by atoms with Gasteiger partial charge in [-0.2, -0.15) is 0 Å². The van der Waals surface area contributed by atoms with Crippen LogP contribution in [-0.2, 0) is 12.0 Å². The first-order valence-electron chi connectivity index (χ1n) is 6.86. The number of aliphatic hydroxyl groups is 1. The quantitative estimate of drug-likeness (QED) is 0.797. The van der Waals surface area contributed by atoms with Gasteiger partial charge in [-0.25, -0.2) is 0 Å². The lowest BCUT2D eigenvalue weighted by atomic mass is 9.82. The van der Waals surface area contributed by atoms with Gasteiger partial charge in [0.15, 0.2) is 0 Å². The van der Waals surface area contributed by atoms with E-state index in [4.69, 9.17) is 0 Å². The summed E-state index contributed by atoms with van der Waals surface area (Å²) in [6, 6.07) is 17.3. The fraction of sp³-hybridized carbons (Fsp3) is 0.111. The molecule has 3 aromatic rings. The van der Waals surface area contributed by atoms with Gasteiger partial charge in [-0.15, -0.1) is 0 Å². The van der Waals surface area contributed by atoms with Gasteiger partial charge in [-0.3, -0.25) is 9.97 Å². The van der Waals surface area contributed by atoms with E-state index in [1.807, 2.05) is 54.6 Å². The van der Waals surface area contributed by atoms with E-state index in [2.05, 4.69) is 9.97 Å². The predicted octanol–water partition coefficient (Wildman–Crippen LogP) is 2.96.